The first kappa shape index (κ1) is 11.1. The lowest BCUT2D eigenvalue weighted by Crippen LogP contribution is -2.39. The maximum absolute atomic E-state index is 9.20. The molecule has 0 aromatic carbocycles. The summed E-state index contributed by atoms with van der Waals surface area (Å²) in [5.41, 5.74) is 0. The van der Waals surface area contributed by atoms with E-state index in [-0.39, 0.29) is 6.10 Å². The van der Waals surface area contributed by atoms with E-state index in [0.717, 1.165) is 36.8 Å². The van der Waals surface area contributed by atoms with Gasteiger partial charge in [0.15, 0.2) is 0 Å². The number of nitrogens with one attached hydrogen (secondary N) is 2. The van der Waals surface area contributed by atoms with Crippen molar-refractivity contribution in [3.05, 3.63) is 11.9 Å². The van der Waals surface area contributed by atoms with Gasteiger partial charge in [-0.3, -0.25) is 0 Å². The molecule has 1 aliphatic carbocycles. The molecular weight excluding hydrogens is 204 g/mol. The Bertz CT molecular complexity index is 363. The van der Waals surface area contributed by atoms with Crippen LogP contribution in [-0.4, -0.2) is 33.8 Å². The van der Waals surface area contributed by atoms with Crippen LogP contribution in [0, 0.1) is 6.92 Å². The summed E-state index contributed by atoms with van der Waals surface area (Å²) in [5.74, 6) is 2.43. The number of rotatable bonds is 4. The van der Waals surface area contributed by atoms with E-state index in [2.05, 4.69) is 20.6 Å². The Labute approximate surface area is 95.3 Å². The minimum atomic E-state index is -0.145. The fourth-order valence-corrected chi connectivity index (χ4v) is 1.83. The molecule has 0 radical (unpaired) electrons. The van der Waals surface area contributed by atoms with Gasteiger partial charge in [-0.1, -0.05) is 0 Å². The van der Waals surface area contributed by atoms with Crippen LogP contribution in [0.1, 0.15) is 25.6 Å². The van der Waals surface area contributed by atoms with Gasteiger partial charge in [0.1, 0.15) is 17.5 Å². The molecule has 2 rings (SSSR count). The number of aryl methyl sites for hydroxylation is 1. The van der Waals surface area contributed by atoms with Crippen LogP contribution in [0.3, 0.4) is 0 Å². The summed E-state index contributed by atoms with van der Waals surface area (Å²) in [5, 5.41) is 15.7. The predicted molar refractivity (Wildman–Crippen MR) is 63.6 cm³/mol. The summed E-state index contributed by atoms with van der Waals surface area (Å²) < 4.78 is 0. The van der Waals surface area contributed by atoms with Crippen molar-refractivity contribution in [2.75, 3.05) is 17.2 Å². The smallest absolute Gasteiger partial charge is 0.132 e. The summed E-state index contributed by atoms with van der Waals surface area (Å²) in [6, 6.07) is 2.25. The van der Waals surface area contributed by atoms with E-state index in [1.807, 2.05) is 19.9 Å². The van der Waals surface area contributed by atoms with Crippen LogP contribution in [-0.2, 0) is 0 Å². The normalized spacial score (nSPS) is 23.7. The van der Waals surface area contributed by atoms with Crippen LogP contribution in [0.25, 0.3) is 0 Å². The number of anilines is 2. The van der Waals surface area contributed by atoms with Gasteiger partial charge >= 0.3 is 0 Å². The molecule has 1 saturated carbocycles. The maximum atomic E-state index is 9.20. The number of aromatic nitrogens is 2. The first-order valence-electron chi connectivity index (χ1n) is 5.71. The lowest BCUT2D eigenvalue weighted by Gasteiger charge is -2.32. The molecule has 0 bridgehead atoms. The molecule has 0 aliphatic heterocycles. The third-order valence-corrected chi connectivity index (χ3v) is 2.66. The third-order valence-electron chi connectivity index (χ3n) is 2.66. The van der Waals surface area contributed by atoms with Gasteiger partial charge in [-0.15, -0.1) is 0 Å². The van der Waals surface area contributed by atoms with Gasteiger partial charge in [-0.2, -0.15) is 0 Å². The van der Waals surface area contributed by atoms with E-state index in [1.54, 1.807) is 0 Å². The molecule has 5 heteroatoms. The van der Waals surface area contributed by atoms with Crippen molar-refractivity contribution in [1.82, 2.24) is 9.97 Å². The largest absolute Gasteiger partial charge is 0.393 e. The summed E-state index contributed by atoms with van der Waals surface area (Å²) in [6.45, 7) is 4.76. The number of aliphatic hydroxyl groups is 1. The first-order valence-corrected chi connectivity index (χ1v) is 5.71. The van der Waals surface area contributed by atoms with Crippen LogP contribution in [0.4, 0.5) is 11.6 Å². The molecule has 1 aromatic rings. The van der Waals surface area contributed by atoms with Gasteiger partial charge in [0.2, 0.25) is 0 Å². The minimum absolute atomic E-state index is 0.145. The molecule has 0 amide bonds. The van der Waals surface area contributed by atoms with E-state index in [1.165, 1.54) is 0 Å². The topological polar surface area (TPSA) is 70.1 Å². The fraction of sp³-hybridized carbons (Fsp3) is 0.636. The summed E-state index contributed by atoms with van der Waals surface area (Å²) in [7, 11) is 0. The predicted octanol–water partition coefficient (Wildman–Crippen LogP) is 1.15. The van der Waals surface area contributed by atoms with Gasteiger partial charge in [0.25, 0.3) is 0 Å². The Balaban J connectivity index is 2.02. The Hall–Kier alpha value is -1.36. The van der Waals surface area contributed by atoms with Crippen LogP contribution in [0.5, 0.6) is 0 Å². The molecule has 1 aliphatic rings. The number of hydrogen-bond acceptors (Lipinski definition) is 5. The first-order chi connectivity index (χ1) is 7.67. The van der Waals surface area contributed by atoms with Crippen molar-refractivity contribution in [3.63, 3.8) is 0 Å². The van der Waals surface area contributed by atoms with E-state index < -0.39 is 0 Å². The zero-order chi connectivity index (χ0) is 11.5. The highest BCUT2D eigenvalue weighted by molar-refractivity contribution is 5.48. The van der Waals surface area contributed by atoms with E-state index in [0.29, 0.717) is 6.04 Å². The monoisotopic (exact) mass is 222 g/mol. The van der Waals surface area contributed by atoms with Gasteiger partial charge in [0.05, 0.1) is 6.10 Å². The Kier molecular flexibility index (Phi) is 3.24. The van der Waals surface area contributed by atoms with E-state index >= 15 is 0 Å². The molecule has 16 heavy (non-hydrogen) atoms. The molecule has 0 spiro atoms. The van der Waals surface area contributed by atoms with Crippen molar-refractivity contribution in [3.8, 4) is 0 Å². The molecule has 0 atom stereocenters. The molecule has 1 aromatic heterocycles. The molecule has 0 unspecified atom stereocenters. The summed E-state index contributed by atoms with van der Waals surface area (Å²) in [4.78, 5) is 8.60. The highest BCUT2D eigenvalue weighted by Gasteiger charge is 2.27. The average Bonchev–Trinajstić information content (AvgIpc) is 2.15. The second-order valence-corrected chi connectivity index (χ2v) is 4.18. The molecule has 88 valence electrons. The van der Waals surface area contributed by atoms with Crippen LogP contribution >= 0.6 is 0 Å². The Morgan fingerprint density at radius 1 is 1.38 bits per heavy atom. The molecule has 0 saturated heterocycles. The van der Waals surface area contributed by atoms with Crippen molar-refractivity contribution < 1.29 is 5.11 Å². The van der Waals surface area contributed by atoms with E-state index in [4.69, 9.17) is 0 Å². The zero-order valence-electron chi connectivity index (χ0n) is 9.70. The van der Waals surface area contributed by atoms with Crippen molar-refractivity contribution >= 4 is 11.6 Å². The molecule has 3 N–H and O–H groups in total. The second-order valence-electron chi connectivity index (χ2n) is 4.18. The molecule has 1 heterocycles. The fourth-order valence-electron chi connectivity index (χ4n) is 1.83. The molecule has 1 fully saturated rings. The Morgan fingerprint density at radius 2 is 2.06 bits per heavy atom. The lowest BCUT2D eigenvalue weighted by atomic mass is 9.89. The van der Waals surface area contributed by atoms with Crippen molar-refractivity contribution in [1.29, 1.82) is 0 Å². The second kappa shape index (κ2) is 4.65. The van der Waals surface area contributed by atoms with Gasteiger partial charge in [-0.05, 0) is 26.7 Å². The Morgan fingerprint density at radius 3 is 2.69 bits per heavy atom. The zero-order valence-corrected chi connectivity index (χ0v) is 9.70. The SMILES string of the molecule is CCNc1cc(NC2CC(O)C2)nc(C)n1. The van der Waals surface area contributed by atoms with Crippen molar-refractivity contribution in [2.24, 2.45) is 0 Å². The highest BCUT2D eigenvalue weighted by atomic mass is 16.3. The number of nitrogens with zero attached hydrogens (tertiary/aromatic N) is 2. The average molecular weight is 222 g/mol. The molecular formula is C11H18N4O. The van der Waals surface area contributed by atoms with Crippen LogP contribution in [0.15, 0.2) is 6.07 Å². The summed E-state index contributed by atoms with van der Waals surface area (Å²) >= 11 is 0. The number of hydrogen-bond donors (Lipinski definition) is 3. The highest BCUT2D eigenvalue weighted by Crippen LogP contribution is 2.23. The lowest BCUT2D eigenvalue weighted by molar-refractivity contribution is 0.0835. The quantitative estimate of drug-likeness (QED) is 0.713. The minimum Gasteiger partial charge on any atom is -0.393 e. The van der Waals surface area contributed by atoms with E-state index in [9.17, 15) is 5.11 Å². The molecule has 5 nitrogen and oxygen atoms in total. The third kappa shape index (κ3) is 2.61. The van der Waals surface area contributed by atoms with Gasteiger partial charge < -0.3 is 15.7 Å². The standard InChI is InChI=1S/C11H18N4O/c1-3-12-10-6-11(14-7(2)13-10)15-8-4-9(16)5-8/h6,8-9,16H,3-5H2,1-2H3,(H2,12,13,14,15). The van der Waals surface area contributed by atoms with Crippen LogP contribution < -0.4 is 10.6 Å². The van der Waals surface area contributed by atoms with Crippen molar-refractivity contribution in [2.45, 2.75) is 38.8 Å². The number of aliphatic hydroxyl groups excluding tert-OH is 1. The summed E-state index contributed by atoms with van der Waals surface area (Å²) in [6.07, 6.45) is 1.47. The maximum Gasteiger partial charge on any atom is 0.132 e. The van der Waals surface area contributed by atoms with Gasteiger partial charge in [-0.25, -0.2) is 9.97 Å². The van der Waals surface area contributed by atoms with Crippen LogP contribution in [0.2, 0.25) is 0 Å². The van der Waals surface area contributed by atoms with Gasteiger partial charge in [0, 0.05) is 18.7 Å².